The summed E-state index contributed by atoms with van der Waals surface area (Å²) >= 11 is 0. The average molecular weight is 235 g/mol. The second kappa shape index (κ2) is 5.71. The Balaban J connectivity index is 2.70. The summed E-state index contributed by atoms with van der Waals surface area (Å²) in [5.41, 5.74) is 2.17. The van der Waals surface area contributed by atoms with Gasteiger partial charge < -0.3 is 10.1 Å². The van der Waals surface area contributed by atoms with Crippen molar-refractivity contribution < 1.29 is 9.53 Å². The first-order valence-corrected chi connectivity index (χ1v) is 5.94. The van der Waals surface area contributed by atoms with Gasteiger partial charge in [-0.1, -0.05) is 12.1 Å². The van der Waals surface area contributed by atoms with E-state index in [0.29, 0.717) is 0 Å². The van der Waals surface area contributed by atoms with Gasteiger partial charge in [0, 0.05) is 6.04 Å². The van der Waals surface area contributed by atoms with Gasteiger partial charge in [0.15, 0.2) is 6.10 Å². The largest absolute Gasteiger partial charge is 0.481 e. The molecule has 0 radical (unpaired) electrons. The molecule has 1 aromatic carbocycles. The Morgan fingerprint density at radius 2 is 1.88 bits per heavy atom. The summed E-state index contributed by atoms with van der Waals surface area (Å²) in [6.07, 6.45) is -0.474. The average Bonchev–Trinajstić information content (AvgIpc) is 2.22. The molecule has 3 nitrogen and oxygen atoms in total. The van der Waals surface area contributed by atoms with E-state index in [-0.39, 0.29) is 11.9 Å². The number of rotatable bonds is 4. The predicted octanol–water partition coefficient (Wildman–Crippen LogP) is 2.60. The monoisotopic (exact) mass is 235 g/mol. The van der Waals surface area contributed by atoms with Crippen LogP contribution >= 0.6 is 0 Å². The van der Waals surface area contributed by atoms with Gasteiger partial charge in [0.25, 0.3) is 5.91 Å². The second-order valence-electron chi connectivity index (χ2n) is 4.69. The topological polar surface area (TPSA) is 38.3 Å². The van der Waals surface area contributed by atoms with Crippen molar-refractivity contribution in [3.8, 4) is 5.75 Å². The van der Waals surface area contributed by atoms with Crippen LogP contribution in [-0.2, 0) is 4.79 Å². The fourth-order valence-corrected chi connectivity index (χ4v) is 1.48. The zero-order chi connectivity index (χ0) is 13.0. The van der Waals surface area contributed by atoms with Gasteiger partial charge in [0.2, 0.25) is 0 Å². The van der Waals surface area contributed by atoms with Crippen LogP contribution in [0.15, 0.2) is 18.2 Å². The summed E-state index contributed by atoms with van der Waals surface area (Å²) in [7, 11) is 0. The van der Waals surface area contributed by atoms with Gasteiger partial charge in [0.1, 0.15) is 5.75 Å². The molecule has 0 spiro atoms. The van der Waals surface area contributed by atoms with Crippen LogP contribution in [0.25, 0.3) is 0 Å². The van der Waals surface area contributed by atoms with E-state index in [4.69, 9.17) is 4.74 Å². The zero-order valence-electron chi connectivity index (χ0n) is 11.2. The Morgan fingerprint density at radius 3 is 2.47 bits per heavy atom. The Hall–Kier alpha value is -1.51. The van der Waals surface area contributed by atoms with Gasteiger partial charge in [0.05, 0.1) is 0 Å². The van der Waals surface area contributed by atoms with Crippen LogP contribution in [0.1, 0.15) is 31.9 Å². The van der Waals surface area contributed by atoms with Crippen LogP contribution in [0.2, 0.25) is 0 Å². The van der Waals surface area contributed by atoms with E-state index >= 15 is 0 Å². The van der Waals surface area contributed by atoms with Crippen LogP contribution in [0, 0.1) is 13.8 Å². The fraction of sp³-hybridized carbons (Fsp3) is 0.500. The Bertz CT molecular complexity index is 399. The highest BCUT2D eigenvalue weighted by molar-refractivity contribution is 5.80. The Morgan fingerprint density at radius 1 is 1.24 bits per heavy atom. The summed E-state index contributed by atoms with van der Waals surface area (Å²) in [4.78, 5) is 11.7. The highest BCUT2D eigenvalue weighted by Crippen LogP contribution is 2.20. The molecule has 0 saturated carbocycles. The number of ether oxygens (including phenoxy) is 1. The van der Waals surface area contributed by atoms with Crippen molar-refractivity contribution in [1.29, 1.82) is 0 Å². The van der Waals surface area contributed by atoms with Crippen LogP contribution in [-0.4, -0.2) is 18.1 Å². The standard InChI is InChI=1S/C14H21NO2/c1-9(2)15-14(16)12(5)17-13-8-10(3)6-7-11(13)4/h6-9,12H,1-5H3,(H,15,16)/t12-/m0/s1. The molecule has 1 rings (SSSR count). The number of hydrogen-bond acceptors (Lipinski definition) is 2. The van der Waals surface area contributed by atoms with E-state index in [1.807, 2.05) is 45.9 Å². The number of carbonyl (C=O) groups is 1. The van der Waals surface area contributed by atoms with Crippen LogP contribution < -0.4 is 10.1 Å². The van der Waals surface area contributed by atoms with E-state index < -0.39 is 6.10 Å². The van der Waals surface area contributed by atoms with E-state index in [1.54, 1.807) is 6.92 Å². The van der Waals surface area contributed by atoms with Crippen molar-refractivity contribution in [1.82, 2.24) is 5.32 Å². The number of hydrogen-bond donors (Lipinski definition) is 1. The molecule has 0 aromatic heterocycles. The molecule has 0 bridgehead atoms. The SMILES string of the molecule is Cc1ccc(C)c(O[C@@H](C)C(=O)NC(C)C)c1. The molecule has 0 heterocycles. The third-order valence-electron chi connectivity index (χ3n) is 2.45. The molecule has 0 aliphatic heterocycles. The highest BCUT2D eigenvalue weighted by Gasteiger charge is 2.16. The Kier molecular flexibility index (Phi) is 4.55. The molecule has 3 heteroatoms. The minimum absolute atomic E-state index is 0.0825. The molecule has 0 saturated heterocycles. The zero-order valence-corrected chi connectivity index (χ0v) is 11.2. The predicted molar refractivity (Wildman–Crippen MR) is 69.3 cm³/mol. The van der Waals surface area contributed by atoms with Crippen molar-refractivity contribution in [2.45, 2.75) is 46.8 Å². The van der Waals surface area contributed by atoms with E-state index in [1.165, 1.54) is 0 Å². The molecule has 1 aromatic rings. The van der Waals surface area contributed by atoms with Gasteiger partial charge in [-0.05, 0) is 51.8 Å². The second-order valence-corrected chi connectivity index (χ2v) is 4.69. The maximum absolute atomic E-state index is 11.7. The molecule has 0 unspecified atom stereocenters. The molecule has 0 aliphatic rings. The molecule has 1 atom stereocenters. The number of aryl methyl sites for hydroxylation is 2. The first-order valence-electron chi connectivity index (χ1n) is 5.94. The van der Waals surface area contributed by atoms with Crippen molar-refractivity contribution in [3.63, 3.8) is 0 Å². The third kappa shape index (κ3) is 4.10. The normalized spacial score (nSPS) is 12.4. The number of carbonyl (C=O) groups excluding carboxylic acids is 1. The number of benzene rings is 1. The Labute approximate surface area is 103 Å². The summed E-state index contributed by atoms with van der Waals surface area (Å²) < 4.78 is 5.68. The lowest BCUT2D eigenvalue weighted by molar-refractivity contribution is -0.127. The minimum Gasteiger partial charge on any atom is -0.481 e. The third-order valence-corrected chi connectivity index (χ3v) is 2.45. The summed E-state index contributed by atoms with van der Waals surface area (Å²) in [6.45, 7) is 9.61. The minimum atomic E-state index is -0.474. The van der Waals surface area contributed by atoms with Gasteiger partial charge >= 0.3 is 0 Å². The van der Waals surface area contributed by atoms with Gasteiger partial charge in [-0.15, -0.1) is 0 Å². The first-order chi connectivity index (χ1) is 7.90. The van der Waals surface area contributed by atoms with E-state index in [9.17, 15) is 4.79 Å². The van der Waals surface area contributed by atoms with Crippen LogP contribution in [0.5, 0.6) is 5.75 Å². The molecule has 1 amide bonds. The lowest BCUT2D eigenvalue weighted by Gasteiger charge is -2.18. The molecular formula is C14H21NO2. The lowest BCUT2D eigenvalue weighted by atomic mass is 10.1. The molecule has 0 aliphatic carbocycles. The van der Waals surface area contributed by atoms with Gasteiger partial charge in [-0.2, -0.15) is 0 Å². The maximum Gasteiger partial charge on any atom is 0.260 e. The fourth-order valence-electron chi connectivity index (χ4n) is 1.48. The molecule has 0 fully saturated rings. The van der Waals surface area contributed by atoms with Crippen LogP contribution in [0.3, 0.4) is 0 Å². The van der Waals surface area contributed by atoms with E-state index in [2.05, 4.69) is 5.32 Å². The maximum atomic E-state index is 11.7. The lowest BCUT2D eigenvalue weighted by Crippen LogP contribution is -2.40. The van der Waals surface area contributed by atoms with Crippen LogP contribution in [0.4, 0.5) is 0 Å². The van der Waals surface area contributed by atoms with E-state index in [0.717, 1.165) is 16.9 Å². The van der Waals surface area contributed by atoms with Crippen molar-refractivity contribution in [2.75, 3.05) is 0 Å². The number of nitrogens with one attached hydrogen (secondary N) is 1. The summed E-state index contributed by atoms with van der Waals surface area (Å²) in [6, 6.07) is 6.11. The number of amides is 1. The van der Waals surface area contributed by atoms with Gasteiger partial charge in [-0.25, -0.2) is 0 Å². The highest BCUT2D eigenvalue weighted by atomic mass is 16.5. The molecule has 1 N–H and O–H groups in total. The molecule has 94 valence electrons. The quantitative estimate of drug-likeness (QED) is 0.871. The molecular weight excluding hydrogens is 214 g/mol. The van der Waals surface area contributed by atoms with Gasteiger partial charge in [-0.3, -0.25) is 4.79 Å². The molecule has 17 heavy (non-hydrogen) atoms. The van der Waals surface area contributed by atoms with Crippen molar-refractivity contribution in [3.05, 3.63) is 29.3 Å². The smallest absolute Gasteiger partial charge is 0.260 e. The first kappa shape index (κ1) is 13.6. The van der Waals surface area contributed by atoms with Crippen molar-refractivity contribution >= 4 is 5.91 Å². The summed E-state index contributed by atoms with van der Waals surface area (Å²) in [5.74, 6) is 0.692. The summed E-state index contributed by atoms with van der Waals surface area (Å²) in [5, 5.41) is 2.83. The van der Waals surface area contributed by atoms with Crippen molar-refractivity contribution in [2.24, 2.45) is 0 Å².